The molecule has 0 saturated carbocycles. The average molecular weight is 282 g/mol. The highest BCUT2D eigenvalue weighted by Gasteiger charge is 2.08. The molecule has 0 radical (unpaired) electrons. The number of rotatable bonds is 6. The van der Waals surface area contributed by atoms with Crippen molar-refractivity contribution in [2.75, 3.05) is 20.6 Å². The molecule has 21 heavy (non-hydrogen) atoms. The van der Waals surface area contributed by atoms with Gasteiger partial charge in [0.15, 0.2) is 0 Å². The zero-order valence-electron chi connectivity index (χ0n) is 13.3. The van der Waals surface area contributed by atoms with Gasteiger partial charge in [0, 0.05) is 6.54 Å². The summed E-state index contributed by atoms with van der Waals surface area (Å²) in [7, 11) is 4.21. The number of nitrogens with zero attached hydrogens (tertiary/aromatic N) is 1. The molecule has 0 spiro atoms. The molecule has 0 bridgehead atoms. The maximum atomic E-state index is 5.65. The Balaban J connectivity index is 2.26. The Morgan fingerprint density at radius 1 is 1.00 bits per heavy atom. The standard InChI is InChI=1S/C19H26N2/c1-15(12-13-20)16-8-10-17(11-9-16)19-7-5-4-6-18(19)14-21(2)3/h4-11,15H,12-14,20H2,1-3H3. The van der Waals surface area contributed by atoms with E-state index in [4.69, 9.17) is 5.73 Å². The summed E-state index contributed by atoms with van der Waals surface area (Å²) in [6, 6.07) is 17.6. The van der Waals surface area contributed by atoms with Crippen LogP contribution in [0.25, 0.3) is 11.1 Å². The van der Waals surface area contributed by atoms with Crippen molar-refractivity contribution in [1.29, 1.82) is 0 Å². The molecule has 2 nitrogen and oxygen atoms in total. The second-order valence-corrected chi connectivity index (χ2v) is 6.00. The zero-order valence-corrected chi connectivity index (χ0v) is 13.3. The largest absolute Gasteiger partial charge is 0.330 e. The molecular formula is C19H26N2. The van der Waals surface area contributed by atoms with E-state index in [-0.39, 0.29) is 0 Å². The summed E-state index contributed by atoms with van der Waals surface area (Å²) in [4.78, 5) is 2.20. The summed E-state index contributed by atoms with van der Waals surface area (Å²) in [5.74, 6) is 0.529. The van der Waals surface area contributed by atoms with E-state index in [1.54, 1.807) is 0 Å². The third-order valence-electron chi connectivity index (χ3n) is 3.89. The Morgan fingerprint density at radius 2 is 1.67 bits per heavy atom. The van der Waals surface area contributed by atoms with E-state index in [1.807, 2.05) is 0 Å². The van der Waals surface area contributed by atoms with E-state index < -0.39 is 0 Å². The lowest BCUT2D eigenvalue weighted by molar-refractivity contribution is 0.403. The Hall–Kier alpha value is -1.64. The second-order valence-electron chi connectivity index (χ2n) is 6.00. The van der Waals surface area contributed by atoms with E-state index in [0.717, 1.165) is 19.5 Å². The summed E-state index contributed by atoms with van der Waals surface area (Å²) < 4.78 is 0. The van der Waals surface area contributed by atoms with Gasteiger partial charge in [-0.1, -0.05) is 55.5 Å². The van der Waals surface area contributed by atoms with Gasteiger partial charge in [-0.25, -0.2) is 0 Å². The lowest BCUT2D eigenvalue weighted by atomic mass is 9.94. The molecule has 2 aromatic rings. The van der Waals surface area contributed by atoms with Gasteiger partial charge >= 0.3 is 0 Å². The first-order valence-corrected chi connectivity index (χ1v) is 7.65. The molecular weight excluding hydrogens is 256 g/mol. The molecule has 2 aromatic carbocycles. The molecule has 0 aliphatic rings. The van der Waals surface area contributed by atoms with Crippen molar-refractivity contribution >= 4 is 0 Å². The summed E-state index contributed by atoms with van der Waals surface area (Å²) in [5.41, 5.74) is 11.0. The molecule has 0 amide bonds. The van der Waals surface area contributed by atoms with Gasteiger partial charge in [0.25, 0.3) is 0 Å². The van der Waals surface area contributed by atoms with Gasteiger partial charge in [-0.2, -0.15) is 0 Å². The van der Waals surface area contributed by atoms with Gasteiger partial charge in [0.1, 0.15) is 0 Å². The van der Waals surface area contributed by atoms with Crippen LogP contribution >= 0.6 is 0 Å². The number of benzene rings is 2. The molecule has 2 N–H and O–H groups in total. The first-order chi connectivity index (χ1) is 10.1. The monoisotopic (exact) mass is 282 g/mol. The van der Waals surface area contributed by atoms with E-state index in [9.17, 15) is 0 Å². The van der Waals surface area contributed by atoms with Crippen molar-refractivity contribution in [2.24, 2.45) is 5.73 Å². The van der Waals surface area contributed by atoms with Crippen molar-refractivity contribution in [2.45, 2.75) is 25.8 Å². The van der Waals surface area contributed by atoms with E-state index in [1.165, 1.54) is 22.3 Å². The van der Waals surface area contributed by atoms with Gasteiger partial charge in [-0.05, 0) is 55.2 Å². The molecule has 112 valence electrons. The Bertz CT molecular complexity index is 558. The lowest BCUT2D eigenvalue weighted by Crippen LogP contribution is -2.11. The summed E-state index contributed by atoms with van der Waals surface area (Å²) in [6.07, 6.45) is 1.04. The van der Waals surface area contributed by atoms with Gasteiger partial charge in [0.2, 0.25) is 0 Å². The highest BCUT2D eigenvalue weighted by atomic mass is 15.0. The van der Waals surface area contributed by atoms with Gasteiger partial charge in [0.05, 0.1) is 0 Å². The van der Waals surface area contributed by atoms with Crippen LogP contribution in [0.1, 0.15) is 30.4 Å². The Kier molecular flexibility index (Phi) is 5.54. The SMILES string of the molecule is CC(CCN)c1ccc(-c2ccccc2CN(C)C)cc1. The highest BCUT2D eigenvalue weighted by molar-refractivity contribution is 5.67. The third kappa shape index (κ3) is 4.16. The molecule has 1 atom stereocenters. The molecule has 0 heterocycles. The molecule has 0 fully saturated rings. The smallest absolute Gasteiger partial charge is 0.0233 e. The van der Waals surface area contributed by atoms with Crippen LogP contribution in [0.3, 0.4) is 0 Å². The van der Waals surface area contributed by atoms with Gasteiger partial charge in [-0.15, -0.1) is 0 Å². The minimum absolute atomic E-state index is 0.529. The van der Waals surface area contributed by atoms with Crippen molar-refractivity contribution in [3.63, 3.8) is 0 Å². The van der Waals surface area contributed by atoms with Gasteiger partial charge < -0.3 is 10.6 Å². The predicted octanol–water partition coefficient (Wildman–Crippen LogP) is 3.87. The molecule has 0 aliphatic carbocycles. The van der Waals surface area contributed by atoms with Gasteiger partial charge in [-0.3, -0.25) is 0 Å². The molecule has 0 aromatic heterocycles. The summed E-state index contributed by atoms with van der Waals surface area (Å²) >= 11 is 0. The van der Waals surface area contributed by atoms with Crippen LogP contribution in [-0.2, 0) is 6.54 Å². The normalized spacial score (nSPS) is 12.6. The number of nitrogens with two attached hydrogens (primary N) is 1. The fraction of sp³-hybridized carbons (Fsp3) is 0.368. The highest BCUT2D eigenvalue weighted by Crippen LogP contribution is 2.27. The lowest BCUT2D eigenvalue weighted by Gasteiger charge is -2.15. The maximum absolute atomic E-state index is 5.65. The van der Waals surface area contributed by atoms with Crippen LogP contribution in [0.4, 0.5) is 0 Å². The number of hydrogen-bond donors (Lipinski definition) is 1. The summed E-state index contributed by atoms with van der Waals surface area (Å²) in [6.45, 7) is 3.94. The van der Waals surface area contributed by atoms with Crippen LogP contribution in [0.15, 0.2) is 48.5 Å². The fourth-order valence-corrected chi connectivity index (χ4v) is 2.69. The quantitative estimate of drug-likeness (QED) is 0.871. The molecule has 2 rings (SSSR count). The molecule has 0 aliphatic heterocycles. The zero-order chi connectivity index (χ0) is 15.2. The topological polar surface area (TPSA) is 29.3 Å². The first-order valence-electron chi connectivity index (χ1n) is 7.65. The van der Waals surface area contributed by atoms with Crippen molar-refractivity contribution in [1.82, 2.24) is 4.90 Å². The fourth-order valence-electron chi connectivity index (χ4n) is 2.69. The van der Waals surface area contributed by atoms with Crippen LogP contribution in [0, 0.1) is 0 Å². The third-order valence-corrected chi connectivity index (χ3v) is 3.89. The average Bonchev–Trinajstić information content (AvgIpc) is 2.48. The van der Waals surface area contributed by atoms with Crippen molar-refractivity contribution < 1.29 is 0 Å². The predicted molar refractivity (Wildman–Crippen MR) is 91.4 cm³/mol. The van der Waals surface area contributed by atoms with Crippen molar-refractivity contribution in [3.05, 3.63) is 59.7 Å². The van der Waals surface area contributed by atoms with E-state index >= 15 is 0 Å². The van der Waals surface area contributed by atoms with E-state index in [2.05, 4.69) is 74.4 Å². The summed E-state index contributed by atoms with van der Waals surface area (Å²) in [5, 5.41) is 0. The minimum Gasteiger partial charge on any atom is -0.330 e. The van der Waals surface area contributed by atoms with E-state index in [0.29, 0.717) is 5.92 Å². The van der Waals surface area contributed by atoms with Crippen molar-refractivity contribution in [3.8, 4) is 11.1 Å². The van der Waals surface area contributed by atoms with Crippen LogP contribution in [-0.4, -0.2) is 25.5 Å². The van der Waals surface area contributed by atoms with Crippen LogP contribution in [0.5, 0.6) is 0 Å². The molecule has 1 unspecified atom stereocenters. The second kappa shape index (κ2) is 7.39. The first kappa shape index (κ1) is 15.7. The number of hydrogen-bond acceptors (Lipinski definition) is 2. The Labute approximate surface area is 128 Å². The Morgan fingerprint density at radius 3 is 2.29 bits per heavy atom. The molecule has 2 heteroatoms. The molecule has 0 saturated heterocycles. The maximum Gasteiger partial charge on any atom is 0.0233 e. The van der Waals surface area contributed by atoms with Crippen LogP contribution in [0.2, 0.25) is 0 Å². The minimum atomic E-state index is 0.529. The van der Waals surface area contributed by atoms with Crippen LogP contribution < -0.4 is 5.73 Å².